The van der Waals surface area contributed by atoms with Crippen molar-refractivity contribution in [1.29, 1.82) is 0 Å². The van der Waals surface area contributed by atoms with Crippen LogP contribution in [0.2, 0.25) is 0 Å². The Balaban J connectivity index is 1.38. The minimum Gasteiger partial charge on any atom is -0.373 e. The third kappa shape index (κ3) is 4.36. The summed E-state index contributed by atoms with van der Waals surface area (Å²) >= 11 is 0. The molecular formula is C21H26N4O3. The van der Waals surface area contributed by atoms with Gasteiger partial charge in [-0.25, -0.2) is 9.97 Å². The molecule has 148 valence electrons. The molecule has 28 heavy (non-hydrogen) atoms. The second-order valence-electron chi connectivity index (χ2n) is 7.46. The van der Waals surface area contributed by atoms with Crippen LogP contribution in [0.5, 0.6) is 0 Å². The lowest BCUT2D eigenvalue weighted by Gasteiger charge is -2.32. The Bertz CT molecular complexity index is 801. The molecule has 2 fully saturated rings. The van der Waals surface area contributed by atoms with E-state index in [4.69, 9.17) is 9.47 Å². The standard InChI is InChI=1S/C21H26N4O3/c1-15-4-2-5-17(24-15)13-28-19-12-25(18-6-3-9-27-21(18)19)20(26)8-7-16-10-22-14-23-11-16/h2,4-5,10-11,14,18-19,21H,3,6-9,12-13H2,1H3/t18-,19+,21+/m1/s1. The van der Waals surface area contributed by atoms with E-state index in [1.54, 1.807) is 12.4 Å². The molecule has 0 spiro atoms. The second kappa shape index (κ2) is 8.75. The van der Waals surface area contributed by atoms with Crippen LogP contribution in [0.1, 0.15) is 36.2 Å². The first-order valence-electron chi connectivity index (χ1n) is 9.90. The molecule has 2 aliphatic heterocycles. The number of carbonyl (C=O) groups is 1. The summed E-state index contributed by atoms with van der Waals surface area (Å²) in [6.07, 6.45) is 7.89. The lowest BCUT2D eigenvalue weighted by Crippen LogP contribution is -2.43. The highest BCUT2D eigenvalue weighted by Gasteiger charge is 2.46. The number of nitrogens with zero attached hydrogens (tertiary/aromatic N) is 4. The number of likely N-dealkylation sites (tertiary alicyclic amines) is 1. The summed E-state index contributed by atoms with van der Waals surface area (Å²) in [7, 11) is 0. The Hall–Kier alpha value is -2.38. The predicted molar refractivity (Wildman–Crippen MR) is 102 cm³/mol. The fourth-order valence-electron chi connectivity index (χ4n) is 4.07. The highest BCUT2D eigenvalue weighted by Crippen LogP contribution is 2.31. The molecular weight excluding hydrogens is 356 g/mol. The minimum atomic E-state index is -0.114. The Labute approximate surface area is 165 Å². The number of fused-ring (bicyclic) bond motifs is 1. The van der Waals surface area contributed by atoms with Crippen molar-refractivity contribution in [2.75, 3.05) is 13.2 Å². The lowest BCUT2D eigenvalue weighted by atomic mass is 10.0. The van der Waals surface area contributed by atoms with E-state index in [0.717, 1.165) is 36.4 Å². The summed E-state index contributed by atoms with van der Waals surface area (Å²) in [5.74, 6) is 0.143. The van der Waals surface area contributed by atoms with E-state index < -0.39 is 0 Å². The van der Waals surface area contributed by atoms with Crippen molar-refractivity contribution in [3.05, 3.63) is 53.9 Å². The molecule has 1 amide bonds. The number of rotatable bonds is 6. The maximum Gasteiger partial charge on any atom is 0.223 e. The molecule has 0 aliphatic carbocycles. The highest BCUT2D eigenvalue weighted by molar-refractivity contribution is 5.77. The zero-order valence-electron chi connectivity index (χ0n) is 16.2. The number of carbonyl (C=O) groups excluding carboxylic acids is 1. The average Bonchev–Trinajstić information content (AvgIpc) is 3.10. The van der Waals surface area contributed by atoms with Crippen LogP contribution in [-0.4, -0.2) is 57.2 Å². The van der Waals surface area contributed by atoms with Crippen molar-refractivity contribution in [2.45, 2.75) is 57.5 Å². The Morgan fingerprint density at radius 3 is 3.00 bits per heavy atom. The van der Waals surface area contributed by atoms with Gasteiger partial charge >= 0.3 is 0 Å². The first-order chi connectivity index (χ1) is 13.7. The van der Waals surface area contributed by atoms with Crippen LogP contribution in [0.15, 0.2) is 36.9 Å². The van der Waals surface area contributed by atoms with Crippen molar-refractivity contribution in [1.82, 2.24) is 19.9 Å². The monoisotopic (exact) mass is 382 g/mol. The van der Waals surface area contributed by atoms with Crippen LogP contribution in [0.3, 0.4) is 0 Å². The fraction of sp³-hybridized carbons (Fsp3) is 0.524. The van der Waals surface area contributed by atoms with Crippen molar-refractivity contribution < 1.29 is 14.3 Å². The van der Waals surface area contributed by atoms with Crippen LogP contribution in [0.25, 0.3) is 0 Å². The minimum absolute atomic E-state index is 0.0532. The summed E-state index contributed by atoms with van der Waals surface area (Å²) in [6, 6.07) is 6.02. The zero-order valence-corrected chi connectivity index (χ0v) is 16.2. The molecule has 2 aromatic rings. The summed E-state index contributed by atoms with van der Waals surface area (Å²) in [5.41, 5.74) is 2.85. The smallest absolute Gasteiger partial charge is 0.223 e. The van der Waals surface area contributed by atoms with Crippen LogP contribution in [-0.2, 0) is 27.3 Å². The Kier molecular flexibility index (Phi) is 5.92. The highest BCUT2D eigenvalue weighted by atomic mass is 16.5. The van der Waals surface area contributed by atoms with E-state index in [1.807, 2.05) is 30.0 Å². The number of hydrogen-bond acceptors (Lipinski definition) is 6. The molecule has 4 heterocycles. The third-order valence-corrected chi connectivity index (χ3v) is 5.43. The zero-order chi connectivity index (χ0) is 19.3. The van der Waals surface area contributed by atoms with Crippen LogP contribution >= 0.6 is 0 Å². The maximum absolute atomic E-state index is 12.9. The van der Waals surface area contributed by atoms with E-state index in [1.165, 1.54) is 6.33 Å². The number of pyridine rings is 1. The van der Waals surface area contributed by atoms with Crippen LogP contribution in [0, 0.1) is 6.92 Å². The van der Waals surface area contributed by atoms with Crippen molar-refractivity contribution >= 4 is 5.91 Å². The average molecular weight is 382 g/mol. The largest absolute Gasteiger partial charge is 0.373 e. The molecule has 2 saturated heterocycles. The van der Waals surface area contributed by atoms with Gasteiger partial charge in [0.2, 0.25) is 5.91 Å². The number of aryl methyl sites for hydroxylation is 2. The van der Waals surface area contributed by atoms with Gasteiger partial charge in [0.05, 0.1) is 18.3 Å². The van der Waals surface area contributed by atoms with Gasteiger partial charge in [0, 0.05) is 37.7 Å². The summed E-state index contributed by atoms with van der Waals surface area (Å²) < 4.78 is 12.2. The topological polar surface area (TPSA) is 77.4 Å². The van der Waals surface area contributed by atoms with Crippen LogP contribution in [0.4, 0.5) is 0 Å². The van der Waals surface area contributed by atoms with E-state index in [9.17, 15) is 4.79 Å². The molecule has 0 aromatic carbocycles. The molecule has 0 radical (unpaired) electrons. The van der Waals surface area contributed by atoms with E-state index >= 15 is 0 Å². The van der Waals surface area contributed by atoms with Crippen molar-refractivity contribution in [3.8, 4) is 0 Å². The van der Waals surface area contributed by atoms with E-state index in [-0.39, 0.29) is 24.2 Å². The van der Waals surface area contributed by atoms with Crippen molar-refractivity contribution in [2.24, 2.45) is 0 Å². The number of ether oxygens (including phenoxy) is 2. The lowest BCUT2D eigenvalue weighted by molar-refractivity contribution is -0.134. The van der Waals surface area contributed by atoms with Gasteiger partial charge in [0.25, 0.3) is 0 Å². The van der Waals surface area contributed by atoms with E-state index in [2.05, 4.69) is 15.0 Å². The number of aromatic nitrogens is 3. The van der Waals surface area contributed by atoms with Gasteiger partial charge in [-0.05, 0) is 43.9 Å². The van der Waals surface area contributed by atoms with Gasteiger partial charge in [0.15, 0.2) is 0 Å². The number of amides is 1. The molecule has 2 aromatic heterocycles. The van der Waals surface area contributed by atoms with Crippen LogP contribution < -0.4 is 0 Å². The SMILES string of the molecule is Cc1cccc(CO[C@H]2CN(C(=O)CCc3cncnc3)[C@@H]3CCCO[C@H]23)n1. The number of hydrogen-bond donors (Lipinski definition) is 0. The molecule has 0 N–H and O–H groups in total. The quantitative estimate of drug-likeness (QED) is 0.761. The molecule has 7 nitrogen and oxygen atoms in total. The van der Waals surface area contributed by atoms with Gasteiger partial charge in [-0.2, -0.15) is 0 Å². The molecule has 4 rings (SSSR count). The van der Waals surface area contributed by atoms with Gasteiger partial charge in [-0.3, -0.25) is 9.78 Å². The maximum atomic E-state index is 12.9. The van der Waals surface area contributed by atoms with Gasteiger partial charge < -0.3 is 14.4 Å². The summed E-state index contributed by atoms with van der Waals surface area (Å²) in [4.78, 5) is 27.4. The molecule has 0 unspecified atom stereocenters. The Morgan fingerprint density at radius 2 is 2.18 bits per heavy atom. The Morgan fingerprint density at radius 1 is 1.32 bits per heavy atom. The van der Waals surface area contributed by atoms with Crippen molar-refractivity contribution in [3.63, 3.8) is 0 Å². The fourth-order valence-corrected chi connectivity index (χ4v) is 4.07. The predicted octanol–water partition coefficient (Wildman–Crippen LogP) is 2.09. The van der Waals surface area contributed by atoms with Gasteiger partial charge in [-0.15, -0.1) is 0 Å². The second-order valence-corrected chi connectivity index (χ2v) is 7.46. The third-order valence-electron chi connectivity index (χ3n) is 5.43. The summed E-state index contributed by atoms with van der Waals surface area (Å²) in [6.45, 7) is 3.71. The first kappa shape index (κ1) is 19.0. The molecule has 2 aliphatic rings. The molecule has 3 atom stereocenters. The van der Waals surface area contributed by atoms with E-state index in [0.29, 0.717) is 26.0 Å². The molecule has 0 bridgehead atoms. The van der Waals surface area contributed by atoms with Gasteiger partial charge in [0.1, 0.15) is 18.5 Å². The molecule has 0 saturated carbocycles. The normalized spacial score (nSPS) is 24.2. The first-order valence-corrected chi connectivity index (χ1v) is 9.90. The molecule has 7 heteroatoms. The van der Waals surface area contributed by atoms with Gasteiger partial charge in [-0.1, -0.05) is 6.07 Å². The summed E-state index contributed by atoms with van der Waals surface area (Å²) in [5, 5.41) is 0.